The highest BCUT2D eigenvalue weighted by Gasteiger charge is 2.22. The predicted molar refractivity (Wildman–Crippen MR) is 88.6 cm³/mol. The van der Waals surface area contributed by atoms with E-state index in [-0.39, 0.29) is 17.6 Å². The van der Waals surface area contributed by atoms with Gasteiger partial charge in [-0.2, -0.15) is 0 Å². The van der Waals surface area contributed by atoms with E-state index in [1.165, 1.54) is 0 Å². The predicted octanol–water partition coefficient (Wildman–Crippen LogP) is 4.42. The SMILES string of the molecule is CCC(C)c1ccccc1OCC(CS(=O)(=O)Cl)C(C)C. The number of hydrogen-bond acceptors (Lipinski definition) is 3. The third kappa shape index (κ3) is 6.27. The van der Waals surface area contributed by atoms with Gasteiger partial charge in [0.15, 0.2) is 0 Å². The first-order valence-corrected chi connectivity index (χ1v) is 9.86. The molecule has 0 bridgehead atoms. The van der Waals surface area contributed by atoms with Crippen molar-refractivity contribution in [3.05, 3.63) is 29.8 Å². The summed E-state index contributed by atoms with van der Waals surface area (Å²) < 4.78 is 28.5. The lowest BCUT2D eigenvalue weighted by molar-refractivity contribution is 0.222. The number of hydrogen-bond donors (Lipinski definition) is 0. The lowest BCUT2D eigenvalue weighted by Crippen LogP contribution is -2.25. The Morgan fingerprint density at radius 3 is 2.33 bits per heavy atom. The van der Waals surface area contributed by atoms with E-state index in [9.17, 15) is 8.42 Å². The van der Waals surface area contributed by atoms with E-state index >= 15 is 0 Å². The van der Waals surface area contributed by atoms with Gasteiger partial charge in [0.1, 0.15) is 5.75 Å². The Kier molecular flexibility index (Phi) is 7.01. The average molecular weight is 333 g/mol. The van der Waals surface area contributed by atoms with Gasteiger partial charge in [-0.25, -0.2) is 8.42 Å². The van der Waals surface area contributed by atoms with E-state index in [2.05, 4.69) is 19.9 Å². The van der Waals surface area contributed by atoms with Crippen molar-refractivity contribution < 1.29 is 13.2 Å². The zero-order chi connectivity index (χ0) is 16.0. The summed E-state index contributed by atoms with van der Waals surface area (Å²) in [6, 6.07) is 7.93. The highest BCUT2D eigenvalue weighted by atomic mass is 35.7. The van der Waals surface area contributed by atoms with Crippen LogP contribution < -0.4 is 4.74 Å². The van der Waals surface area contributed by atoms with Gasteiger partial charge in [-0.1, -0.05) is 45.9 Å². The molecule has 0 spiro atoms. The van der Waals surface area contributed by atoms with Crippen LogP contribution in [0.4, 0.5) is 0 Å². The second-order valence-corrected chi connectivity index (χ2v) is 8.69. The molecule has 0 fully saturated rings. The van der Waals surface area contributed by atoms with E-state index < -0.39 is 9.05 Å². The maximum absolute atomic E-state index is 11.3. The van der Waals surface area contributed by atoms with Crippen molar-refractivity contribution >= 4 is 19.7 Å². The maximum Gasteiger partial charge on any atom is 0.233 e. The topological polar surface area (TPSA) is 43.4 Å². The normalized spacial score (nSPS) is 15.0. The number of halogens is 1. The Morgan fingerprint density at radius 2 is 1.81 bits per heavy atom. The van der Waals surface area contributed by atoms with Gasteiger partial charge in [-0.05, 0) is 29.9 Å². The van der Waals surface area contributed by atoms with Crippen molar-refractivity contribution in [1.29, 1.82) is 0 Å². The quantitative estimate of drug-likeness (QED) is 0.662. The van der Waals surface area contributed by atoms with Gasteiger partial charge in [0.05, 0.1) is 12.4 Å². The molecular weight excluding hydrogens is 308 g/mol. The molecule has 0 N–H and O–H groups in total. The number of rotatable bonds is 8. The molecule has 1 aromatic carbocycles. The molecule has 0 aromatic heterocycles. The summed E-state index contributed by atoms with van der Waals surface area (Å²) in [5, 5.41) is 0. The summed E-state index contributed by atoms with van der Waals surface area (Å²) in [4.78, 5) is 0. The fourth-order valence-corrected chi connectivity index (χ4v) is 3.60. The van der Waals surface area contributed by atoms with E-state index in [0.29, 0.717) is 12.5 Å². The minimum absolute atomic E-state index is 0.0578. The Balaban J connectivity index is 2.81. The summed E-state index contributed by atoms with van der Waals surface area (Å²) in [6.07, 6.45) is 1.03. The summed E-state index contributed by atoms with van der Waals surface area (Å²) in [5.41, 5.74) is 1.16. The van der Waals surface area contributed by atoms with E-state index in [0.717, 1.165) is 17.7 Å². The highest BCUT2D eigenvalue weighted by Crippen LogP contribution is 2.29. The van der Waals surface area contributed by atoms with Gasteiger partial charge in [-0.3, -0.25) is 0 Å². The first-order valence-electron chi connectivity index (χ1n) is 7.38. The third-order valence-corrected chi connectivity index (χ3v) is 5.08. The van der Waals surface area contributed by atoms with Crippen LogP contribution in [-0.2, 0) is 9.05 Å². The minimum Gasteiger partial charge on any atom is -0.493 e. The monoisotopic (exact) mass is 332 g/mol. The van der Waals surface area contributed by atoms with Gasteiger partial charge in [-0.15, -0.1) is 0 Å². The summed E-state index contributed by atoms with van der Waals surface area (Å²) in [7, 11) is 1.86. The molecule has 3 nitrogen and oxygen atoms in total. The van der Waals surface area contributed by atoms with Crippen LogP contribution in [0.25, 0.3) is 0 Å². The van der Waals surface area contributed by atoms with Crippen molar-refractivity contribution in [3.8, 4) is 5.75 Å². The van der Waals surface area contributed by atoms with Crippen LogP contribution in [0.5, 0.6) is 5.75 Å². The Morgan fingerprint density at radius 1 is 1.19 bits per heavy atom. The molecule has 120 valence electrons. The molecule has 5 heteroatoms. The van der Waals surface area contributed by atoms with Crippen LogP contribution in [0.15, 0.2) is 24.3 Å². The van der Waals surface area contributed by atoms with Crippen molar-refractivity contribution in [2.24, 2.45) is 11.8 Å². The maximum atomic E-state index is 11.3. The molecule has 0 saturated heterocycles. The van der Waals surface area contributed by atoms with Crippen LogP contribution >= 0.6 is 10.7 Å². The van der Waals surface area contributed by atoms with Crippen molar-refractivity contribution in [2.45, 2.75) is 40.0 Å². The third-order valence-electron chi connectivity index (χ3n) is 3.87. The molecule has 0 heterocycles. The Bertz CT molecular complexity index is 540. The minimum atomic E-state index is -3.51. The second kappa shape index (κ2) is 8.04. The smallest absolute Gasteiger partial charge is 0.233 e. The molecule has 0 amide bonds. The summed E-state index contributed by atoms with van der Waals surface area (Å²) >= 11 is 0. The highest BCUT2D eigenvalue weighted by molar-refractivity contribution is 8.13. The van der Waals surface area contributed by atoms with Crippen LogP contribution in [0.1, 0.15) is 45.6 Å². The van der Waals surface area contributed by atoms with Crippen molar-refractivity contribution in [3.63, 3.8) is 0 Å². The van der Waals surface area contributed by atoms with Crippen molar-refractivity contribution in [2.75, 3.05) is 12.4 Å². The van der Waals surface area contributed by atoms with Crippen LogP contribution in [-0.4, -0.2) is 20.8 Å². The van der Waals surface area contributed by atoms with Gasteiger partial charge in [0.25, 0.3) is 0 Å². The molecule has 1 rings (SSSR count). The molecule has 0 saturated carbocycles. The first kappa shape index (κ1) is 18.3. The summed E-state index contributed by atoms with van der Waals surface area (Å²) in [6.45, 7) is 8.62. The molecule has 0 radical (unpaired) electrons. The molecule has 1 aromatic rings. The second-order valence-electron chi connectivity index (χ2n) is 5.87. The van der Waals surface area contributed by atoms with Gasteiger partial charge >= 0.3 is 0 Å². The molecule has 2 unspecified atom stereocenters. The zero-order valence-electron chi connectivity index (χ0n) is 13.2. The van der Waals surface area contributed by atoms with Gasteiger partial charge in [0, 0.05) is 16.6 Å². The fraction of sp³-hybridized carbons (Fsp3) is 0.625. The van der Waals surface area contributed by atoms with Crippen LogP contribution in [0.3, 0.4) is 0 Å². The molecular formula is C16H25ClO3S. The fourth-order valence-electron chi connectivity index (χ4n) is 2.12. The summed E-state index contributed by atoms with van der Waals surface area (Å²) in [5.74, 6) is 1.27. The largest absolute Gasteiger partial charge is 0.493 e. The number of para-hydroxylation sites is 1. The Hall–Kier alpha value is -0.740. The first-order chi connectivity index (χ1) is 9.74. The van der Waals surface area contributed by atoms with Gasteiger partial charge in [0.2, 0.25) is 9.05 Å². The van der Waals surface area contributed by atoms with Crippen molar-refractivity contribution in [1.82, 2.24) is 0 Å². The van der Waals surface area contributed by atoms with Crippen LogP contribution in [0.2, 0.25) is 0 Å². The molecule has 2 atom stereocenters. The van der Waals surface area contributed by atoms with E-state index in [1.54, 1.807) is 0 Å². The Labute approximate surface area is 133 Å². The van der Waals surface area contributed by atoms with E-state index in [4.69, 9.17) is 15.4 Å². The lowest BCUT2D eigenvalue weighted by atomic mass is 9.97. The molecule has 0 aliphatic carbocycles. The van der Waals surface area contributed by atoms with Crippen LogP contribution in [0, 0.1) is 11.8 Å². The number of ether oxygens (including phenoxy) is 1. The molecule has 0 aliphatic heterocycles. The standard InChI is InChI=1S/C16H25ClO3S/c1-5-13(4)15-8-6-7-9-16(15)20-10-14(12(2)3)11-21(17,18)19/h6-9,12-14H,5,10-11H2,1-4H3. The van der Waals surface area contributed by atoms with E-state index in [1.807, 2.05) is 32.0 Å². The lowest BCUT2D eigenvalue weighted by Gasteiger charge is -2.22. The zero-order valence-corrected chi connectivity index (χ0v) is 14.7. The van der Waals surface area contributed by atoms with Gasteiger partial charge < -0.3 is 4.74 Å². The molecule has 21 heavy (non-hydrogen) atoms. The molecule has 0 aliphatic rings. The average Bonchev–Trinajstić information content (AvgIpc) is 2.41. The number of benzene rings is 1.